The molecule has 0 amide bonds. The van der Waals surface area contributed by atoms with Crippen LogP contribution in [0.25, 0.3) is 10.9 Å². The van der Waals surface area contributed by atoms with Gasteiger partial charge >= 0.3 is 5.97 Å². The highest BCUT2D eigenvalue weighted by Gasteiger charge is 2.09. The minimum atomic E-state index is -0.935. The Hall–Kier alpha value is -1.49. The van der Waals surface area contributed by atoms with Gasteiger partial charge in [0.2, 0.25) is 0 Å². The number of rotatable bonds is 2. The molecule has 0 radical (unpaired) electrons. The Kier molecular flexibility index (Phi) is 2.40. The van der Waals surface area contributed by atoms with Gasteiger partial charge in [-0.15, -0.1) is 0 Å². The molecular formula is C10H8BrNO3. The highest BCUT2D eigenvalue weighted by Crippen LogP contribution is 2.29. The highest BCUT2D eigenvalue weighted by molar-refractivity contribution is 9.10. The molecule has 1 heterocycles. The Morgan fingerprint density at radius 1 is 1.47 bits per heavy atom. The van der Waals surface area contributed by atoms with E-state index in [1.165, 1.54) is 10.8 Å². The van der Waals surface area contributed by atoms with E-state index >= 15 is 0 Å². The predicted molar refractivity (Wildman–Crippen MR) is 58.9 cm³/mol. The molecule has 0 aliphatic rings. The lowest BCUT2D eigenvalue weighted by atomic mass is 10.2. The molecule has 0 saturated carbocycles. The molecule has 0 unspecified atom stereocenters. The van der Waals surface area contributed by atoms with Crippen LogP contribution in [0.4, 0.5) is 0 Å². The Morgan fingerprint density at radius 3 is 2.87 bits per heavy atom. The van der Waals surface area contributed by atoms with E-state index in [0.717, 1.165) is 4.47 Å². The molecule has 5 heteroatoms. The summed E-state index contributed by atoms with van der Waals surface area (Å²) in [7, 11) is 0. The quantitative estimate of drug-likeness (QED) is 0.879. The molecule has 2 N–H and O–H groups in total. The first-order chi connectivity index (χ1) is 7.08. The normalized spacial score (nSPS) is 10.7. The van der Waals surface area contributed by atoms with Gasteiger partial charge < -0.3 is 14.8 Å². The van der Waals surface area contributed by atoms with Crippen LogP contribution in [-0.4, -0.2) is 20.7 Å². The summed E-state index contributed by atoms with van der Waals surface area (Å²) in [5.74, 6) is -0.845. The highest BCUT2D eigenvalue weighted by atomic mass is 79.9. The van der Waals surface area contributed by atoms with Crippen molar-refractivity contribution in [2.24, 2.45) is 0 Å². The lowest BCUT2D eigenvalue weighted by Crippen LogP contribution is -2.06. The van der Waals surface area contributed by atoms with E-state index in [9.17, 15) is 9.90 Å². The van der Waals surface area contributed by atoms with Gasteiger partial charge in [0.05, 0.1) is 5.52 Å². The molecule has 1 aromatic heterocycles. The number of carboxylic acid groups (broad SMARTS) is 1. The summed E-state index contributed by atoms with van der Waals surface area (Å²) >= 11 is 3.29. The monoisotopic (exact) mass is 269 g/mol. The maximum absolute atomic E-state index is 10.6. The van der Waals surface area contributed by atoms with Gasteiger partial charge in [0, 0.05) is 16.1 Å². The Bertz CT molecular complexity index is 533. The molecular weight excluding hydrogens is 262 g/mol. The van der Waals surface area contributed by atoms with Crippen molar-refractivity contribution in [1.82, 2.24) is 4.57 Å². The average molecular weight is 270 g/mol. The van der Waals surface area contributed by atoms with Gasteiger partial charge in [-0.2, -0.15) is 0 Å². The summed E-state index contributed by atoms with van der Waals surface area (Å²) in [4.78, 5) is 10.6. The van der Waals surface area contributed by atoms with E-state index in [0.29, 0.717) is 10.9 Å². The molecule has 0 fully saturated rings. The van der Waals surface area contributed by atoms with Gasteiger partial charge in [0.15, 0.2) is 0 Å². The fraction of sp³-hybridized carbons (Fsp3) is 0.100. The zero-order valence-corrected chi connectivity index (χ0v) is 9.23. The van der Waals surface area contributed by atoms with Crippen LogP contribution < -0.4 is 0 Å². The van der Waals surface area contributed by atoms with Crippen molar-refractivity contribution in [3.8, 4) is 5.75 Å². The third kappa shape index (κ3) is 1.83. The van der Waals surface area contributed by atoms with Crippen LogP contribution in [0.5, 0.6) is 5.75 Å². The van der Waals surface area contributed by atoms with Gasteiger partial charge in [-0.05, 0) is 18.2 Å². The molecule has 0 atom stereocenters. The number of hydrogen-bond acceptors (Lipinski definition) is 2. The summed E-state index contributed by atoms with van der Waals surface area (Å²) in [6.07, 6.45) is 1.42. The van der Waals surface area contributed by atoms with Gasteiger partial charge in [-0.25, -0.2) is 0 Å². The molecule has 15 heavy (non-hydrogen) atoms. The van der Waals surface area contributed by atoms with Crippen molar-refractivity contribution < 1.29 is 15.0 Å². The largest absolute Gasteiger partial charge is 0.506 e. The number of hydrogen-bond donors (Lipinski definition) is 2. The van der Waals surface area contributed by atoms with Crippen LogP contribution in [0.3, 0.4) is 0 Å². The second-order valence-electron chi connectivity index (χ2n) is 3.20. The Morgan fingerprint density at radius 2 is 2.20 bits per heavy atom. The van der Waals surface area contributed by atoms with Crippen molar-refractivity contribution in [3.05, 3.63) is 28.9 Å². The van der Waals surface area contributed by atoms with Crippen molar-refractivity contribution in [2.45, 2.75) is 6.54 Å². The van der Waals surface area contributed by atoms with Crippen LogP contribution in [0.2, 0.25) is 0 Å². The zero-order chi connectivity index (χ0) is 11.0. The molecule has 2 rings (SSSR count). The molecule has 2 aromatic rings. The van der Waals surface area contributed by atoms with Crippen LogP contribution in [0.15, 0.2) is 28.9 Å². The van der Waals surface area contributed by atoms with Crippen molar-refractivity contribution in [3.63, 3.8) is 0 Å². The molecule has 0 spiro atoms. The second-order valence-corrected chi connectivity index (χ2v) is 4.11. The number of carbonyl (C=O) groups is 1. The third-order valence-corrected chi connectivity index (χ3v) is 2.62. The number of nitrogens with zero attached hydrogens (tertiary/aromatic N) is 1. The molecule has 78 valence electrons. The minimum Gasteiger partial charge on any atom is -0.506 e. The number of fused-ring (bicyclic) bond motifs is 1. The first-order valence-electron chi connectivity index (χ1n) is 4.27. The fourth-order valence-electron chi connectivity index (χ4n) is 1.53. The number of halogens is 1. The molecule has 1 aromatic carbocycles. The first-order valence-corrected chi connectivity index (χ1v) is 5.06. The van der Waals surface area contributed by atoms with Gasteiger partial charge in [0.25, 0.3) is 0 Å². The first kappa shape index (κ1) is 10.0. The Labute approximate surface area is 93.9 Å². The number of carboxylic acids is 1. The lowest BCUT2D eigenvalue weighted by Gasteiger charge is -2.00. The zero-order valence-electron chi connectivity index (χ0n) is 7.64. The van der Waals surface area contributed by atoms with Gasteiger partial charge in [0.1, 0.15) is 12.3 Å². The summed E-state index contributed by atoms with van der Waals surface area (Å²) < 4.78 is 2.35. The number of aliphatic carboxylic acids is 1. The molecule has 0 saturated heterocycles. The van der Waals surface area contributed by atoms with Crippen LogP contribution in [0, 0.1) is 0 Å². The summed E-state index contributed by atoms with van der Waals surface area (Å²) in [6, 6.07) is 5.32. The second kappa shape index (κ2) is 3.58. The van der Waals surface area contributed by atoms with Crippen LogP contribution >= 0.6 is 15.9 Å². The van der Waals surface area contributed by atoms with Crippen molar-refractivity contribution in [1.29, 1.82) is 0 Å². The minimum absolute atomic E-state index is 0.0903. The molecule has 0 bridgehead atoms. The number of aromatic nitrogens is 1. The predicted octanol–water partition coefficient (Wildman–Crippen LogP) is 2.19. The Balaban J connectivity index is 2.62. The molecule has 0 aliphatic carbocycles. The standard InChI is InChI=1S/C10H8BrNO3/c11-6-1-2-8-7(3-6)9(13)4-12(8)5-10(14)15/h1-4,13H,5H2,(H,14,15). The molecule has 0 aliphatic heterocycles. The van der Waals surface area contributed by atoms with E-state index in [2.05, 4.69) is 15.9 Å². The maximum Gasteiger partial charge on any atom is 0.323 e. The van der Waals surface area contributed by atoms with E-state index < -0.39 is 5.97 Å². The van der Waals surface area contributed by atoms with Crippen LogP contribution in [-0.2, 0) is 11.3 Å². The summed E-state index contributed by atoms with van der Waals surface area (Å²) in [5.41, 5.74) is 0.707. The van der Waals surface area contributed by atoms with E-state index in [1.54, 1.807) is 18.2 Å². The lowest BCUT2D eigenvalue weighted by molar-refractivity contribution is -0.137. The number of aromatic hydroxyl groups is 1. The summed E-state index contributed by atoms with van der Waals surface area (Å²) in [5, 5.41) is 18.9. The number of benzene rings is 1. The van der Waals surface area contributed by atoms with Gasteiger partial charge in [-0.3, -0.25) is 4.79 Å². The average Bonchev–Trinajstić information content (AvgIpc) is 2.42. The fourth-order valence-corrected chi connectivity index (χ4v) is 1.89. The van der Waals surface area contributed by atoms with E-state index in [1.807, 2.05) is 0 Å². The summed E-state index contributed by atoms with van der Waals surface area (Å²) in [6.45, 7) is -0.154. The van der Waals surface area contributed by atoms with E-state index in [4.69, 9.17) is 5.11 Å². The SMILES string of the molecule is O=C(O)Cn1cc(O)c2cc(Br)ccc21. The van der Waals surface area contributed by atoms with Gasteiger partial charge in [-0.1, -0.05) is 15.9 Å². The smallest absolute Gasteiger partial charge is 0.323 e. The van der Waals surface area contributed by atoms with Crippen molar-refractivity contribution >= 4 is 32.8 Å². The third-order valence-electron chi connectivity index (χ3n) is 2.13. The van der Waals surface area contributed by atoms with E-state index in [-0.39, 0.29) is 12.3 Å². The van der Waals surface area contributed by atoms with Crippen LogP contribution in [0.1, 0.15) is 0 Å². The topological polar surface area (TPSA) is 62.5 Å². The maximum atomic E-state index is 10.6. The van der Waals surface area contributed by atoms with Crippen molar-refractivity contribution in [2.75, 3.05) is 0 Å². The molecule has 4 nitrogen and oxygen atoms in total.